The minimum Gasteiger partial charge on any atom is -0.325 e. The van der Waals surface area contributed by atoms with Crippen molar-refractivity contribution < 1.29 is 14.4 Å². The molecule has 32 heavy (non-hydrogen) atoms. The summed E-state index contributed by atoms with van der Waals surface area (Å²) in [6, 6.07) is 14.5. The van der Waals surface area contributed by atoms with Gasteiger partial charge in [-0.25, -0.2) is 0 Å². The number of aromatic nitrogens is 5. The monoisotopic (exact) mass is 427 g/mol. The van der Waals surface area contributed by atoms with Gasteiger partial charge in [-0.15, -0.1) is 10.2 Å². The van der Waals surface area contributed by atoms with Crippen LogP contribution in [0.5, 0.6) is 0 Å². The Kier molecular flexibility index (Phi) is 4.86. The van der Waals surface area contributed by atoms with Crippen molar-refractivity contribution in [3.8, 4) is 22.6 Å². The first-order chi connectivity index (χ1) is 15.6. The third kappa shape index (κ3) is 3.69. The Hall–Kier alpha value is -4.47. The highest BCUT2D eigenvalue weighted by Crippen LogP contribution is 2.22. The summed E-state index contributed by atoms with van der Waals surface area (Å²) in [7, 11) is 0. The van der Waals surface area contributed by atoms with Crippen LogP contribution in [0, 0.1) is 0 Å². The third-order valence-electron chi connectivity index (χ3n) is 5.12. The first kappa shape index (κ1) is 19.5. The number of carbonyl (C=O) groups excluding carboxylic acids is 3. The standard InChI is InChI=1S/C22H17N7O3/c30-19(13-28-20(31)7-8-21(28)32)24-16-3-1-14(2-4-16)17-5-6-18-25-26-22(29(18)27-17)15-9-11-23-12-10-15/h1-6,9-12H,7-8,13H2,(H,24,30). The number of nitrogens with one attached hydrogen (secondary N) is 1. The molecule has 0 bridgehead atoms. The van der Waals surface area contributed by atoms with Crippen LogP contribution in [0.25, 0.3) is 28.3 Å². The molecule has 0 radical (unpaired) electrons. The van der Waals surface area contributed by atoms with Gasteiger partial charge in [-0.3, -0.25) is 24.3 Å². The predicted molar refractivity (Wildman–Crippen MR) is 114 cm³/mol. The van der Waals surface area contributed by atoms with Gasteiger partial charge in [0.15, 0.2) is 11.5 Å². The molecule has 3 aromatic heterocycles. The highest BCUT2D eigenvalue weighted by atomic mass is 16.2. The second-order valence-corrected chi connectivity index (χ2v) is 7.25. The molecular weight excluding hydrogens is 410 g/mol. The summed E-state index contributed by atoms with van der Waals surface area (Å²) in [6.07, 6.45) is 3.69. The number of pyridine rings is 1. The Morgan fingerprint density at radius 3 is 2.31 bits per heavy atom. The second kappa shape index (κ2) is 7.99. The van der Waals surface area contributed by atoms with Crippen molar-refractivity contribution in [2.45, 2.75) is 12.8 Å². The number of anilines is 1. The van der Waals surface area contributed by atoms with Crippen molar-refractivity contribution >= 4 is 29.1 Å². The number of benzene rings is 1. The molecule has 5 rings (SSSR count). The quantitative estimate of drug-likeness (QED) is 0.483. The summed E-state index contributed by atoms with van der Waals surface area (Å²) in [5.41, 5.74) is 3.57. The maximum atomic E-state index is 12.2. The molecule has 10 nitrogen and oxygen atoms in total. The van der Waals surface area contributed by atoms with Gasteiger partial charge in [-0.2, -0.15) is 9.61 Å². The Bertz CT molecular complexity index is 1320. The summed E-state index contributed by atoms with van der Waals surface area (Å²) < 4.78 is 1.67. The van der Waals surface area contributed by atoms with E-state index in [1.54, 1.807) is 29.0 Å². The normalized spacial score (nSPS) is 13.7. The van der Waals surface area contributed by atoms with Crippen molar-refractivity contribution in [3.05, 3.63) is 60.9 Å². The molecule has 0 unspecified atom stereocenters. The fraction of sp³-hybridized carbons (Fsp3) is 0.136. The van der Waals surface area contributed by atoms with Crippen molar-refractivity contribution in [2.75, 3.05) is 11.9 Å². The molecule has 1 aromatic carbocycles. The van der Waals surface area contributed by atoms with Crippen LogP contribution in [-0.2, 0) is 14.4 Å². The lowest BCUT2D eigenvalue weighted by Gasteiger charge is -2.13. The lowest BCUT2D eigenvalue weighted by molar-refractivity contribution is -0.141. The molecule has 0 atom stereocenters. The van der Waals surface area contributed by atoms with E-state index in [1.165, 1.54) is 0 Å². The third-order valence-corrected chi connectivity index (χ3v) is 5.12. The molecule has 4 heterocycles. The van der Waals surface area contributed by atoms with Gasteiger partial charge in [-0.1, -0.05) is 12.1 Å². The van der Waals surface area contributed by atoms with E-state index in [-0.39, 0.29) is 31.2 Å². The number of fused-ring (bicyclic) bond motifs is 1. The van der Waals surface area contributed by atoms with Crippen LogP contribution < -0.4 is 5.32 Å². The molecule has 158 valence electrons. The van der Waals surface area contributed by atoms with Crippen LogP contribution in [0.2, 0.25) is 0 Å². The van der Waals surface area contributed by atoms with E-state index in [9.17, 15) is 14.4 Å². The topological polar surface area (TPSA) is 122 Å². The smallest absolute Gasteiger partial charge is 0.244 e. The van der Waals surface area contributed by atoms with Crippen LogP contribution in [0.1, 0.15) is 12.8 Å². The van der Waals surface area contributed by atoms with Gasteiger partial charge in [-0.05, 0) is 36.4 Å². The Labute approximate surface area is 181 Å². The van der Waals surface area contributed by atoms with Crippen LogP contribution in [0.3, 0.4) is 0 Å². The molecule has 0 aliphatic carbocycles. The van der Waals surface area contributed by atoms with Gasteiger partial charge in [0, 0.05) is 42.0 Å². The molecule has 4 aromatic rings. The first-order valence-corrected chi connectivity index (χ1v) is 9.95. The lowest BCUT2D eigenvalue weighted by atomic mass is 10.1. The lowest BCUT2D eigenvalue weighted by Crippen LogP contribution is -2.36. The molecular formula is C22H17N7O3. The van der Waals surface area contributed by atoms with E-state index < -0.39 is 5.91 Å². The number of hydrogen-bond acceptors (Lipinski definition) is 7. The average Bonchev–Trinajstić information content (AvgIpc) is 3.38. The van der Waals surface area contributed by atoms with Crippen molar-refractivity contribution in [3.63, 3.8) is 0 Å². The summed E-state index contributed by atoms with van der Waals surface area (Å²) in [4.78, 5) is 40.6. The predicted octanol–water partition coefficient (Wildman–Crippen LogP) is 1.94. The zero-order valence-corrected chi connectivity index (χ0v) is 16.8. The first-order valence-electron chi connectivity index (χ1n) is 9.95. The molecule has 1 N–H and O–H groups in total. The van der Waals surface area contributed by atoms with E-state index >= 15 is 0 Å². The SMILES string of the molecule is O=C(CN1C(=O)CCC1=O)Nc1ccc(-c2ccc3nnc(-c4ccncc4)n3n2)cc1. The van der Waals surface area contributed by atoms with E-state index in [1.807, 2.05) is 36.4 Å². The largest absolute Gasteiger partial charge is 0.325 e. The summed E-state index contributed by atoms with van der Waals surface area (Å²) >= 11 is 0. The fourth-order valence-electron chi connectivity index (χ4n) is 3.49. The second-order valence-electron chi connectivity index (χ2n) is 7.25. The number of hydrogen-bond donors (Lipinski definition) is 1. The zero-order chi connectivity index (χ0) is 22.1. The van der Waals surface area contributed by atoms with Gasteiger partial charge in [0.2, 0.25) is 17.7 Å². The molecule has 3 amide bonds. The highest BCUT2D eigenvalue weighted by molar-refractivity contribution is 6.06. The van der Waals surface area contributed by atoms with E-state index in [4.69, 9.17) is 0 Å². The molecule has 1 aliphatic heterocycles. The number of amides is 3. The highest BCUT2D eigenvalue weighted by Gasteiger charge is 2.30. The van der Waals surface area contributed by atoms with Gasteiger partial charge in [0.1, 0.15) is 6.54 Å². The maximum absolute atomic E-state index is 12.2. The van der Waals surface area contributed by atoms with Gasteiger partial charge in [0.05, 0.1) is 5.69 Å². The number of likely N-dealkylation sites (tertiary alicyclic amines) is 1. The molecule has 1 aliphatic rings. The summed E-state index contributed by atoms with van der Waals surface area (Å²) in [5, 5.41) is 15.8. The zero-order valence-electron chi connectivity index (χ0n) is 16.8. The van der Waals surface area contributed by atoms with Crippen LogP contribution in [-0.4, -0.2) is 54.0 Å². The van der Waals surface area contributed by atoms with Crippen molar-refractivity contribution in [1.29, 1.82) is 0 Å². The van der Waals surface area contributed by atoms with Gasteiger partial charge in [0.25, 0.3) is 0 Å². The molecule has 10 heteroatoms. The number of carbonyl (C=O) groups is 3. The molecule has 0 spiro atoms. The Balaban J connectivity index is 1.34. The molecule has 1 saturated heterocycles. The Morgan fingerprint density at radius 2 is 1.59 bits per heavy atom. The van der Waals surface area contributed by atoms with E-state index in [2.05, 4.69) is 25.6 Å². The van der Waals surface area contributed by atoms with Crippen molar-refractivity contribution in [2.24, 2.45) is 0 Å². The minimum absolute atomic E-state index is 0.160. The number of rotatable bonds is 5. The van der Waals surface area contributed by atoms with E-state index in [0.717, 1.165) is 16.0 Å². The summed E-state index contributed by atoms with van der Waals surface area (Å²) in [6.45, 7) is -0.275. The van der Waals surface area contributed by atoms with E-state index in [0.29, 0.717) is 22.9 Å². The molecule has 0 saturated carbocycles. The number of nitrogens with zero attached hydrogens (tertiary/aromatic N) is 6. The van der Waals surface area contributed by atoms with Crippen LogP contribution in [0.15, 0.2) is 60.9 Å². The molecule has 1 fully saturated rings. The maximum Gasteiger partial charge on any atom is 0.244 e. The average molecular weight is 427 g/mol. The van der Waals surface area contributed by atoms with Crippen LogP contribution in [0.4, 0.5) is 5.69 Å². The minimum atomic E-state index is -0.424. The Morgan fingerprint density at radius 1 is 0.875 bits per heavy atom. The van der Waals surface area contributed by atoms with Crippen molar-refractivity contribution in [1.82, 2.24) is 29.7 Å². The van der Waals surface area contributed by atoms with Gasteiger partial charge < -0.3 is 5.32 Å². The van der Waals surface area contributed by atoms with Gasteiger partial charge >= 0.3 is 0 Å². The number of imide groups is 1. The van der Waals surface area contributed by atoms with Crippen LogP contribution >= 0.6 is 0 Å². The fourth-order valence-corrected chi connectivity index (χ4v) is 3.49. The summed E-state index contributed by atoms with van der Waals surface area (Å²) in [5.74, 6) is -0.448.